The van der Waals surface area contributed by atoms with Crippen LogP contribution in [0.4, 0.5) is 0 Å². The molecular formula is C20H23N5OS. The Labute approximate surface area is 162 Å². The van der Waals surface area contributed by atoms with Crippen molar-refractivity contribution in [2.24, 2.45) is 5.92 Å². The molecule has 140 valence electrons. The SMILES string of the molecule is O=C(CSc1nnc2c(n1)[nH]c1ccccc12)N1CCC[C@H]2CCCC[C@@H]21. The molecule has 1 amide bonds. The first-order chi connectivity index (χ1) is 13.3. The van der Waals surface area contributed by atoms with E-state index in [1.54, 1.807) is 0 Å². The van der Waals surface area contributed by atoms with Crippen LogP contribution in [0.15, 0.2) is 29.4 Å². The topological polar surface area (TPSA) is 74.8 Å². The molecule has 1 saturated carbocycles. The van der Waals surface area contributed by atoms with Crippen LogP contribution in [-0.2, 0) is 4.79 Å². The van der Waals surface area contributed by atoms with E-state index in [1.807, 2.05) is 24.3 Å². The maximum Gasteiger partial charge on any atom is 0.233 e. The van der Waals surface area contributed by atoms with Crippen molar-refractivity contribution in [1.29, 1.82) is 0 Å². The van der Waals surface area contributed by atoms with Gasteiger partial charge in [0.1, 0.15) is 5.52 Å². The maximum absolute atomic E-state index is 12.9. The van der Waals surface area contributed by atoms with Gasteiger partial charge in [0, 0.05) is 23.5 Å². The lowest BCUT2D eigenvalue weighted by atomic mass is 9.78. The van der Waals surface area contributed by atoms with Crippen molar-refractivity contribution in [3.8, 4) is 0 Å². The minimum atomic E-state index is 0.219. The molecule has 3 aromatic rings. The Bertz CT molecular complexity index is 985. The molecule has 27 heavy (non-hydrogen) atoms. The molecular weight excluding hydrogens is 358 g/mol. The first kappa shape index (κ1) is 17.0. The van der Waals surface area contributed by atoms with Gasteiger partial charge in [0.05, 0.1) is 5.75 Å². The number of carbonyl (C=O) groups is 1. The van der Waals surface area contributed by atoms with E-state index in [4.69, 9.17) is 0 Å². The summed E-state index contributed by atoms with van der Waals surface area (Å²) in [5.41, 5.74) is 2.51. The van der Waals surface area contributed by atoms with E-state index in [-0.39, 0.29) is 5.91 Å². The number of thioether (sulfide) groups is 1. The maximum atomic E-state index is 12.9. The fourth-order valence-electron chi connectivity index (χ4n) is 4.71. The Morgan fingerprint density at radius 2 is 2.00 bits per heavy atom. The minimum absolute atomic E-state index is 0.219. The van der Waals surface area contributed by atoms with E-state index < -0.39 is 0 Å². The number of hydrogen-bond acceptors (Lipinski definition) is 5. The van der Waals surface area contributed by atoms with E-state index >= 15 is 0 Å². The molecule has 6 nitrogen and oxygen atoms in total. The van der Waals surface area contributed by atoms with Crippen LogP contribution >= 0.6 is 11.8 Å². The first-order valence-corrected chi connectivity index (χ1v) is 10.8. The number of carbonyl (C=O) groups excluding carboxylic acids is 1. The number of aromatic nitrogens is 4. The molecule has 2 aliphatic rings. The van der Waals surface area contributed by atoms with Gasteiger partial charge in [-0.25, -0.2) is 4.98 Å². The number of fused-ring (bicyclic) bond motifs is 4. The van der Waals surface area contributed by atoms with Gasteiger partial charge in [0.2, 0.25) is 11.1 Å². The second-order valence-corrected chi connectivity index (χ2v) is 8.53. The largest absolute Gasteiger partial charge is 0.339 e. The zero-order chi connectivity index (χ0) is 18.2. The van der Waals surface area contributed by atoms with Gasteiger partial charge in [-0.1, -0.05) is 42.8 Å². The van der Waals surface area contributed by atoms with Gasteiger partial charge in [-0.15, -0.1) is 10.2 Å². The Morgan fingerprint density at radius 1 is 1.15 bits per heavy atom. The molecule has 2 fully saturated rings. The van der Waals surface area contributed by atoms with Crippen molar-refractivity contribution in [3.63, 3.8) is 0 Å². The highest BCUT2D eigenvalue weighted by Gasteiger charge is 2.35. The normalized spacial score (nSPS) is 22.9. The zero-order valence-corrected chi connectivity index (χ0v) is 16.0. The van der Waals surface area contributed by atoms with Crippen molar-refractivity contribution in [2.75, 3.05) is 12.3 Å². The molecule has 7 heteroatoms. The first-order valence-electron chi connectivity index (χ1n) is 9.83. The van der Waals surface area contributed by atoms with Gasteiger partial charge < -0.3 is 9.88 Å². The number of hydrogen-bond donors (Lipinski definition) is 1. The highest BCUT2D eigenvalue weighted by atomic mass is 32.2. The van der Waals surface area contributed by atoms with E-state index in [0.29, 0.717) is 22.9 Å². The zero-order valence-electron chi connectivity index (χ0n) is 15.2. The van der Waals surface area contributed by atoms with Crippen LogP contribution in [-0.4, -0.2) is 49.3 Å². The van der Waals surface area contributed by atoms with E-state index in [9.17, 15) is 4.79 Å². The van der Waals surface area contributed by atoms with E-state index in [1.165, 1.54) is 43.9 Å². The molecule has 1 aliphatic carbocycles. The number of likely N-dealkylation sites (tertiary alicyclic amines) is 1. The van der Waals surface area contributed by atoms with Crippen LogP contribution in [0.1, 0.15) is 38.5 Å². The van der Waals surface area contributed by atoms with Crippen molar-refractivity contribution in [2.45, 2.75) is 49.7 Å². The number of para-hydroxylation sites is 1. The van der Waals surface area contributed by atoms with Crippen molar-refractivity contribution in [3.05, 3.63) is 24.3 Å². The lowest BCUT2D eigenvalue weighted by molar-refractivity contribution is -0.134. The fraction of sp³-hybridized carbons (Fsp3) is 0.500. The average molecular weight is 382 g/mol. The third-order valence-electron chi connectivity index (χ3n) is 5.99. The second-order valence-electron chi connectivity index (χ2n) is 7.59. The molecule has 1 aliphatic heterocycles. The Kier molecular flexibility index (Phi) is 4.47. The summed E-state index contributed by atoms with van der Waals surface area (Å²) in [6, 6.07) is 8.44. The number of amides is 1. The van der Waals surface area contributed by atoms with Gasteiger partial charge in [-0.2, -0.15) is 0 Å². The van der Waals surface area contributed by atoms with Gasteiger partial charge in [0.15, 0.2) is 5.65 Å². The molecule has 1 aromatic carbocycles. The molecule has 0 bridgehead atoms. The molecule has 3 heterocycles. The standard InChI is InChI=1S/C20H23N5OS/c26-17(25-11-5-7-13-6-1-4-10-16(13)25)12-27-20-22-19-18(23-24-20)14-8-2-3-9-15(14)21-19/h2-3,8-9,13,16H,1,4-7,10-12H2,(H,21,22,24)/t13-,16+/m1/s1. The Hall–Kier alpha value is -2.15. The summed E-state index contributed by atoms with van der Waals surface area (Å²) in [5.74, 6) is 1.32. The Morgan fingerprint density at radius 3 is 2.96 bits per heavy atom. The molecule has 0 spiro atoms. The monoisotopic (exact) mass is 381 g/mol. The number of nitrogens with one attached hydrogen (secondary N) is 1. The summed E-state index contributed by atoms with van der Waals surface area (Å²) in [7, 11) is 0. The number of piperidine rings is 1. The number of nitrogens with zero attached hydrogens (tertiary/aromatic N) is 4. The quantitative estimate of drug-likeness (QED) is 0.699. The highest BCUT2D eigenvalue weighted by Crippen LogP contribution is 2.35. The van der Waals surface area contributed by atoms with E-state index in [2.05, 4.69) is 25.1 Å². The third-order valence-corrected chi connectivity index (χ3v) is 6.81. The fourth-order valence-corrected chi connectivity index (χ4v) is 5.38. The summed E-state index contributed by atoms with van der Waals surface area (Å²) < 4.78 is 0. The van der Waals surface area contributed by atoms with Gasteiger partial charge in [0.25, 0.3) is 0 Å². The minimum Gasteiger partial charge on any atom is -0.339 e. The van der Waals surface area contributed by atoms with Gasteiger partial charge in [-0.3, -0.25) is 4.79 Å². The number of H-pyrrole nitrogens is 1. The lowest BCUT2D eigenvalue weighted by Gasteiger charge is -2.44. The van der Waals surface area contributed by atoms with Gasteiger partial charge in [-0.05, 0) is 37.7 Å². The van der Waals surface area contributed by atoms with Crippen LogP contribution in [0.5, 0.6) is 0 Å². The summed E-state index contributed by atoms with van der Waals surface area (Å²) in [4.78, 5) is 22.8. The number of benzene rings is 1. The average Bonchev–Trinajstić information content (AvgIpc) is 3.09. The number of rotatable bonds is 3. The summed E-state index contributed by atoms with van der Waals surface area (Å²) >= 11 is 1.39. The lowest BCUT2D eigenvalue weighted by Crippen LogP contribution is -2.50. The van der Waals surface area contributed by atoms with Crippen molar-refractivity contribution >= 4 is 39.7 Å². The molecule has 5 rings (SSSR count). The van der Waals surface area contributed by atoms with Gasteiger partial charge >= 0.3 is 0 Å². The smallest absolute Gasteiger partial charge is 0.233 e. The summed E-state index contributed by atoms with van der Waals surface area (Å²) in [6.45, 7) is 0.903. The van der Waals surface area contributed by atoms with E-state index in [0.717, 1.165) is 35.0 Å². The van der Waals surface area contributed by atoms with Crippen LogP contribution in [0.2, 0.25) is 0 Å². The van der Waals surface area contributed by atoms with Crippen molar-refractivity contribution < 1.29 is 4.79 Å². The van der Waals surface area contributed by atoms with Crippen LogP contribution in [0, 0.1) is 5.92 Å². The predicted molar refractivity (Wildman–Crippen MR) is 107 cm³/mol. The van der Waals surface area contributed by atoms with Crippen LogP contribution < -0.4 is 0 Å². The molecule has 0 radical (unpaired) electrons. The second kappa shape index (κ2) is 7.11. The van der Waals surface area contributed by atoms with Crippen molar-refractivity contribution in [1.82, 2.24) is 25.1 Å². The summed E-state index contributed by atoms with van der Waals surface area (Å²) in [5, 5.41) is 10.2. The summed E-state index contributed by atoms with van der Waals surface area (Å²) in [6.07, 6.45) is 7.44. The third kappa shape index (κ3) is 3.18. The Balaban J connectivity index is 1.30. The molecule has 1 N–H and O–H groups in total. The number of aromatic amines is 1. The molecule has 2 atom stereocenters. The predicted octanol–water partition coefficient (Wildman–Crippen LogP) is 3.78. The molecule has 1 saturated heterocycles. The van der Waals surface area contributed by atoms with Crippen LogP contribution in [0.3, 0.4) is 0 Å². The van der Waals surface area contributed by atoms with Crippen LogP contribution in [0.25, 0.3) is 22.1 Å². The molecule has 2 aromatic heterocycles. The highest BCUT2D eigenvalue weighted by molar-refractivity contribution is 7.99. The molecule has 0 unspecified atom stereocenters.